The number of rotatable bonds is 3. The topological polar surface area (TPSA) is 23.6 Å². The van der Waals surface area contributed by atoms with E-state index in [0.29, 0.717) is 5.91 Å². The van der Waals surface area contributed by atoms with Crippen LogP contribution in [0.15, 0.2) is 42.1 Å². The van der Waals surface area contributed by atoms with Crippen LogP contribution >= 0.6 is 0 Å². The molecule has 1 aliphatic carbocycles. The number of hydrogen-bond donors (Lipinski definition) is 0. The van der Waals surface area contributed by atoms with Crippen LogP contribution < -0.4 is 0 Å². The summed E-state index contributed by atoms with van der Waals surface area (Å²) < 4.78 is 0. The molecule has 1 saturated heterocycles. The highest BCUT2D eigenvalue weighted by atomic mass is 16.2. The first-order valence-electron chi connectivity index (χ1n) is 8.31. The van der Waals surface area contributed by atoms with Crippen molar-refractivity contribution in [2.75, 3.05) is 19.6 Å². The largest absolute Gasteiger partial charge is 0.371 e. The summed E-state index contributed by atoms with van der Waals surface area (Å²) in [6, 6.07) is 6.82. The zero-order valence-corrected chi connectivity index (χ0v) is 12.9. The molecule has 1 fully saturated rings. The first-order valence-corrected chi connectivity index (χ1v) is 8.31. The van der Waals surface area contributed by atoms with E-state index >= 15 is 0 Å². The molecule has 0 spiro atoms. The lowest BCUT2D eigenvalue weighted by atomic mass is 10.00. The van der Waals surface area contributed by atoms with Crippen molar-refractivity contribution in [3.63, 3.8) is 0 Å². The Morgan fingerprint density at radius 1 is 1.00 bits per heavy atom. The number of nitrogens with zero attached hydrogens (tertiary/aromatic N) is 2. The third kappa shape index (κ3) is 2.56. The van der Waals surface area contributed by atoms with Gasteiger partial charge in [-0.1, -0.05) is 24.3 Å². The molecule has 0 unspecified atom stereocenters. The van der Waals surface area contributed by atoms with Crippen molar-refractivity contribution in [1.29, 1.82) is 0 Å². The van der Waals surface area contributed by atoms with Crippen LogP contribution in [0.4, 0.5) is 0 Å². The van der Waals surface area contributed by atoms with Gasteiger partial charge in [-0.15, -0.1) is 0 Å². The summed E-state index contributed by atoms with van der Waals surface area (Å²) in [6.07, 6.45) is 10.5. The van der Waals surface area contributed by atoms with Crippen LogP contribution in [0.3, 0.4) is 0 Å². The Morgan fingerprint density at radius 3 is 2.50 bits per heavy atom. The number of benzene rings is 1. The second-order valence-corrected chi connectivity index (χ2v) is 6.46. The summed E-state index contributed by atoms with van der Waals surface area (Å²) in [5.74, 6) is 0.310. The van der Waals surface area contributed by atoms with Crippen molar-refractivity contribution in [3.05, 3.63) is 58.8 Å². The SMILES string of the molecule is O=C1CCCN1Cc1ccc2c(c1)CCN(C1=CC=C1)CC2. The lowest BCUT2D eigenvalue weighted by Crippen LogP contribution is -2.26. The van der Waals surface area contributed by atoms with Gasteiger partial charge in [-0.25, -0.2) is 0 Å². The third-order valence-corrected chi connectivity index (χ3v) is 5.02. The smallest absolute Gasteiger partial charge is 0.222 e. The van der Waals surface area contributed by atoms with E-state index in [1.54, 1.807) is 0 Å². The molecule has 3 heteroatoms. The minimum absolute atomic E-state index is 0.310. The molecular formula is C19H22N2O. The molecule has 1 aromatic carbocycles. The zero-order chi connectivity index (χ0) is 14.9. The van der Waals surface area contributed by atoms with Crippen molar-refractivity contribution < 1.29 is 4.79 Å². The van der Waals surface area contributed by atoms with E-state index in [4.69, 9.17) is 0 Å². The zero-order valence-electron chi connectivity index (χ0n) is 12.9. The van der Waals surface area contributed by atoms with Gasteiger partial charge in [0.2, 0.25) is 5.91 Å². The Kier molecular flexibility index (Phi) is 3.49. The highest BCUT2D eigenvalue weighted by Gasteiger charge is 2.21. The lowest BCUT2D eigenvalue weighted by molar-refractivity contribution is -0.128. The molecule has 22 heavy (non-hydrogen) atoms. The van der Waals surface area contributed by atoms with E-state index in [1.807, 2.05) is 4.90 Å². The van der Waals surface area contributed by atoms with E-state index < -0.39 is 0 Å². The second-order valence-electron chi connectivity index (χ2n) is 6.46. The Balaban J connectivity index is 1.47. The molecule has 114 valence electrons. The first-order chi connectivity index (χ1) is 10.8. The molecule has 1 amide bonds. The van der Waals surface area contributed by atoms with Crippen molar-refractivity contribution in [1.82, 2.24) is 9.80 Å². The summed E-state index contributed by atoms with van der Waals surface area (Å²) in [6.45, 7) is 3.90. The summed E-state index contributed by atoms with van der Waals surface area (Å²) >= 11 is 0. The van der Waals surface area contributed by atoms with Gasteiger partial charge in [-0.05, 0) is 48.1 Å². The molecule has 0 atom stereocenters. The third-order valence-electron chi connectivity index (χ3n) is 5.02. The highest BCUT2D eigenvalue weighted by molar-refractivity contribution is 5.78. The van der Waals surface area contributed by atoms with Crippen molar-refractivity contribution >= 4 is 5.91 Å². The molecule has 0 N–H and O–H groups in total. The summed E-state index contributed by atoms with van der Waals surface area (Å²) in [4.78, 5) is 16.3. The predicted molar refractivity (Wildman–Crippen MR) is 87.3 cm³/mol. The molecule has 2 aliphatic heterocycles. The Bertz CT molecular complexity index is 659. The standard InChI is InChI=1S/C19H22N2O/c22-19-5-2-10-21(19)14-15-6-7-16-8-11-20(18-3-1-4-18)12-9-17(16)13-15/h1,3-4,6-7,13H,2,5,8-12,14H2. The van der Waals surface area contributed by atoms with E-state index in [0.717, 1.165) is 51.9 Å². The van der Waals surface area contributed by atoms with Gasteiger partial charge in [0.15, 0.2) is 0 Å². The van der Waals surface area contributed by atoms with E-state index in [-0.39, 0.29) is 0 Å². The molecule has 2 heterocycles. The fourth-order valence-corrected chi connectivity index (χ4v) is 3.62. The van der Waals surface area contributed by atoms with Gasteiger partial charge in [0.1, 0.15) is 0 Å². The normalized spacial score (nSPS) is 20.5. The summed E-state index contributed by atoms with van der Waals surface area (Å²) in [5.41, 5.74) is 5.60. The first kappa shape index (κ1) is 13.6. The summed E-state index contributed by atoms with van der Waals surface area (Å²) in [7, 11) is 0. The number of carbonyl (C=O) groups excluding carboxylic acids is 1. The average molecular weight is 294 g/mol. The minimum atomic E-state index is 0.310. The van der Waals surface area contributed by atoms with Crippen LogP contribution in [0.5, 0.6) is 0 Å². The van der Waals surface area contributed by atoms with Crippen LogP contribution in [0, 0.1) is 0 Å². The van der Waals surface area contributed by atoms with Crippen LogP contribution in [-0.2, 0) is 24.2 Å². The van der Waals surface area contributed by atoms with Crippen LogP contribution in [0.2, 0.25) is 0 Å². The van der Waals surface area contributed by atoms with Crippen molar-refractivity contribution in [2.45, 2.75) is 32.2 Å². The molecular weight excluding hydrogens is 272 g/mol. The lowest BCUT2D eigenvalue weighted by Gasteiger charge is -2.26. The van der Waals surface area contributed by atoms with Gasteiger partial charge in [-0.2, -0.15) is 0 Å². The predicted octanol–water partition coefficient (Wildman–Crippen LogP) is 2.66. The number of hydrogen-bond acceptors (Lipinski definition) is 2. The molecule has 0 radical (unpaired) electrons. The van der Waals surface area contributed by atoms with E-state index in [2.05, 4.69) is 41.3 Å². The van der Waals surface area contributed by atoms with Gasteiger partial charge in [-0.3, -0.25) is 4.79 Å². The van der Waals surface area contributed by atoms with Crippen LogP contribution in [0.1, 0.15) is 29.5 Å². The molecule has 0 saturated carbocycles. The number of carbonyl (C=O) groups is 1. The van der Waals surface area contributed by atoms with Crippen molar-refractivity contribution in [3.8, 4) is 0 Å². The number of fused-ring (bicyclic) bond motifs is 1. The van der Waals surface area contributed by atoms with E-state index in [1.165, 1.54) is 22.4 Å². The molecule has 3 nitrogen and oxygen atoms in total. The fourth-order valence-electron chi connectivity index (χ4n) is 3.62. The average Bonchev–Trinajstić information content (AvgIpc) is 2.75. The maximum absolute atomic E-state index is 11.8. The number of allylic oxidation sites excluding steroid dienone is 3. The Labute approximate surface area is 131 Å². The monoisotopic (exact) mass is 294 g/mol. The van der Waals surface area contributed by atoms with Gasteiger partial charge < -0.3 is 9.80 Å². The Hall–Kier alpha value is -2.03. The Morgan fingerprint density at radius 2 is 1.82 bits per heavy atom. The van der Waals surface area contributed by atoms with Crippen molar-refractivity contribution in [2.24, 2.45) is 0 Å². The fraction of sp³-hybridized carbons (Fsp3) is 0.421. The number of amides is 1. The van der Waals surface area contributed by atoms with Gasteiger partial charge in [0.05, 0.1) is 0 Å². The van der Waals surface area contributed by atoms with Gasteiger partial charge >= 0.3 is 0 Å². The van der Waals surface area contributed by atoms with Crippen LogP contribution in [0.25, 0.3) is 0 Å². The van der Waals surface area contributed by atoms with E-state index in [9.17, 15) is 4.79 Å². The van der Waals surface area contributed by atoms with Gasteiger partial charge in [0.25, 0.3) is 0 Å². The minimum Gasteiger partial charge on any atom is -0.371 e. The molecule has 3 aliphatic rings. The molecule has 1 aromatic rings. The number of likely N-dealkylation sites (tertiary alicyclic amines) is 1. The highest BCUT2D eigenvalue weighted by Crippen LogP contribution is 2.23. The second kappa shape index (κ2) is 5.64. The van der Waals surface area contributed by atoms with Gasteiger partial charge in [0, 0.05) is 38.3 Å². The van der Waals surface area contributed by atoms with Crippen LogP contribution in [-0.4, -0.2) is 35.3 Å². The maximum Gasteiger partial charge on any atom is 0.222 e. The molecule has 0 bridgehead atoms. The quantitative estimate of drug-likeness (QED) is 0.855. The summed E-state index contributed by atoms with van der Waals surface area (Å²) in [5, 5.41) is 0. The molecule has 0 aromatic heterocycles. The maximum atomic E-state index is 11.8. The molecule has 4 rings (SSSR count).